The molecule has 0 saturated carbocycles. The van der Waals surface area contributed by atoms with Gasteiger partial charge in [0.15, 0.2) is 5.11 Å². The second kappa shape index (κ2) is 6.05. The van der Waals surface area contributed by atoms with Crippen molar-refractivity contribution in [1.82, 2.24) is 10.3 Å². The number of aromatic nitrogens is 1. The topological polar surface area (TPSA) is 41.3 Å². The van der Waals surface area contributed by atoms with Crippen molar-refractivity contribution in [2.24, 2.45) is 0 Å². The minimum absolute atomic E-state index is 0.232. The van der Waals surface area contributed by atoms with Gasteiger partial charge in [0.25, 0.3) is 0 Å². The minimum Gasteiger partial charge on any atom is -0.467 e. The Kier molecular flexibility index (Phi) is 3.74. The highest BCUT2D eigenvalue weighted by Crippen LogP contribution is 2.42. The molecule has 0 amide bonds. The molecule has 3 aromatic rings. The second-order valence-corrected chi connectivity index (χ2v) is 5.85. The van der Waals surface area contributed by atoms with Crippen LogP contribution in [-0.2, 0) is 0 Å². The Balaban J connectivity index is 1.84. The van der Waals surface area contributed by atoms with Gasteiger partial charge in [-0.1, -0.05) is 18.2 Å². The summed E-state index contributed by atoms with van der Waals surface area (Å²) < 4.78 is 20.0. The van der Waals surface area contributed by atoms with Crippen LogP contribution >= 0.6 is 12.2 Å². The summed E-state index contributed by atoms with van der Waals surface area (Å²) in [6.07, 6.45) is 3.33. The predicted octanol–water partition coefficient (Wildman–Crippen LogP) is 3.99. The first kappa shape index (κ1) is 14.8. The third kappa shape index (κ3) is 2.45. The predicted molar refractivity (Wildman–Crippen MR) is 93.0 cm³/mol. The van der Waals surface area contributed by atoms with Gasteiger partial charge < -0.3 is 14.6 Å². The van der Waals surface area contributed by atoms with Gasteiger partial charge in [-0.3, -0.25) is 4.98 Å². The van der Waals surface area contributed by atoms with E-state index in [1.54, 1.807) is 35.6 Å². The van der Waals surface area contributed by atoms with Gasteiger partial charge in [-0.05, 0) is 48.6 Å². The highest BCUT2D eigenvalue weighted by molar-refractivity contribution is 7.80. The molecule has 0 aliphatic carbocycles. The van der Waals surface area contributed by atoms with Crippen molar-refractivity contribution in [3.63, 3.8) is 0 Å². The van der Waals surface area contributed by atoms with Gasteiger partial charge in [0.2, 0.25) is 0 Å². The van der Waals surface area contributed by atoms with E-state index in [-0.39, 0.29) is 17.9 Å². The lowest BCUT2D eigenvalue weighted by atomic mass is 10.0. The normalized spacial score (nSPS) is 20.2. The smallest absolute Gasteiger partial charge is 0.174 e. The van der Waals surface area contributed by atoms with E-state index in [2.05, 4.69) is 10.3 Å². The summed E-state index contributed by atoms with van der Waals surface area (Å²) in [5.41, 5.74) is 1.23. The van der Waals surface area contributed by atoms with Crippen molar-refractivity contribution in [2.75, 3.05) is 4.90 Å². The van der Waals surface area contributed by atoms with Gasteiger partial charge >= 0.3 is 0 Å². The van der Waals surface area contributed by atoms with Crippen LogP contribution in [0.15, 0.2) is 71.5 Å². The largest absolute Gasteiger partial charge is 0.467 e. The van der Waals surface area contributed by atoms with E-state index < -0.39 is 0 Å². The summed E-state index contributed by atoms with van der Waals surface area (Å²) in [6, 6.07) is 15.4. The summed E-state index contributed by atoms with van der Waals surface area (Å²) >= 11 is 5.49. The Morgan fingerprint density at radius 1 is 1.08 bits per heavy atom. The molecular weight excluding hydrogens is 325 g/mol. The maximum atomic E-state index is 14.4. The lowest BCUT2D eigenvalue weighted by molar-refractivity contribution is 0.430. The molecule has 2 aromatic heterocycles. The lowest BCUT2D eigenvalue weighted by Crippen LogP contribution is -2.30. The molecule has 24 heavy (non-hydrogen) atoms. The molecule has 0 spiro atoms. The number of hydrogen-bond acceptors (Lipinski definition) is 3. The highest BCUT2D eigenvalue weighted by atomic mass is 32.1. The molecule has 3 heterocycles. The number of nitrogens with one attached hydrogen (secondary N) is 1. The number of halogens is 1. The molecule has 4 rings (SSSR count). The van der Waals surface area contributed by atoms with E-state index in [1.807, 2.05) is 30.3 Å². The van der Waals surface area contributed by atoms with Crippen LogP contribution in [0.2, 0.25) is 0 Å². The monoisotopic (exact) mass is 339 g/mol. The van der Waals surface area contributed by atoms with Gasteiger partial charge in [-0.15, -0.1) is 0 Å². The molecule has 0 radical (unpaired) electrons. The van der Waals surface area contributed by atoms with Crippen molar-refractivity contribution in [3.8, 4) is 0 Å². The van der Waals surface area contributed by atoms with Gasteiger partial charge in [-0.25, -0.2) is 4.39 Å². The molecule has 120 valence electrons. The van der Waals surface area contributed by atoms with E-state index in [0.29, 0.717) is 16.6 Å². The lowest BCUT2D eigenvalue weighted by Gasteiger charge is -2.26. The fraction of sp³-hybridized carbons (Fsp3) is 0.111. The molecular formula is C18H14FN3OS. The number of furan rings is 1. The molecule has 1 N–H and O–H groups in total. The van der Waals surface area contributed by atoms with Crippen LogP contribution in [0.5, 0.6) is 0 Å². The first-order valence-electron chi connectivity index (χ1n) is 7.54. The molecule has 1 aromatic carbocycles. The molecule has 2 atom stereocenters. The van der Waals surface area contributed by atoms with Crippen molar-refractivity contribution < 1.29 is 8.81 Å². The minimum atomic E-state index is -0.333. The van der Waals surface area contributed by atoms with Crippen LogP contribution in [-0.4, -0.2) is 10.1 Å². The Bertz CT molecular complexity index is 854. The van der Waals surface area contributed by atoms with Gasteiger partial charge in [0.1, 0.15) is 17.6 Å². The van der Waals surface area contributed by atoms with Crippen molar-refractivity contribution >= 4 is 23.0 Å². The quantitative estimate of drug-likeness (QED) is 0.731. The van der Waals surface area contributed by atoms with Crippen LogP contribution in [0.1, 0.15) is 23.5 Å². The average molecular weight is 339 g/mol. The maximum Gasteiger partial charge on any atom is 0.174 e. The molecule has 1 fully saturated rings. The Morgan fingerprint density at radius 3 is 2.62 bits per heavy atom. The Hall–Kier alpha value is -2.73. The molecule has 0 bridgehead atoms. The zero-order valence-corrected chi connectivity index (χ0v) is 13.4. The third-order valence-corrected chi connectivity index (χ3v) is 4.36. The zero-order chi connectivity index (χ0) is 16.5. The second-order valence-electron chi connectivity index (χ2n) is 5.46. The number of nitrogens with zero attached hydrogens (tertiary/aromatic N) is 2. The van der Waals surface area contributed by atoms with Crippen LogP contribution in [0, 0.1) is 5.82 Å². The summed E-state index contributed by atoms with van der Waals surface area (Å²) in [5, 5.41) is 3.69. The van der Waals surface area contributed by atoms with Crippen molar-refractivity contribution in [2.45, 2.75) is 12.1 Å². The van der Waals surface area contributed by atoms with Crippen molar-refractivity contribution in [1.29, 1.82) is 0 Å². The fourth-order valence-corrected chi connectivity index (χ4v) is 3.35. The van der Waals surface area contributed by atoms with Gasteiger partial charge in [0, 0.05) is 6.20 Å². The van der Waals surface area contributed by atoms with Crippen LogP contribution < -0.4 is 10.2 Å². The first-order valence-corrected chi connectivity index (χ1v) is 7.95. The summed E-state index contributed by atoms with van der Waals surface area (Å²) in [5.74, 6) is 0.362. The molecule has 4 nitrogen and oxygen atoms in total. The SMILES string of the molecule is Fc1ccccc1N1C(=S)NC(c2ccccn2)C1c1ccco1. The third-order valence-electron chi connectivity index (χ3n) is 4.04. The standard InChI is InChI=1S/C18H14FN3OS/c19-12-6-1-2-8-14(12)22-17(15-9-5-11-23-15)16(21-18(22)24)13-7-3-4-10-20-13/h1-11,16-17H,(H,21,24). The summed E-state index contributed by atoms with van der Waals surface area (Å²) in [6.45, 7) is 0. The van der Waals surface area contributed by atoms with E-state index >= 15 is 0 Å². The van der Waals surface area contributed by atoms with E-state index in [4.69, 9.17) is 16.6 Å². The number of pyridine rings is 1. The van der Waals surface area contributed by atoms with Crippen LogP contribution in [0.25, 0.3) is 0 Å². The average Bonchev–Trinajstić information content (AvgIpc) is 3.24. The summed E-state index contributed by atoms with van der Waals surface area (Å²) in [4.78, 5) is 6.17. The molecule has 2 unspecified atom stereocenters. The number of thiocarbonyl (C=S) groups is 1. The molecule has 1 aliphatic rings. The zero-order valence-electron chi connectivity index (χ0n) is 12.6. The first-order chi connectivity index (χ1) is 11.8. The number of benzene rings is 1. The number of hydrogen-bond donors (Lipinski definition) is 1. The number of rotatable bonds is 3. The van der Waals surface area contributed by atoms with Gasteiger partial charge in [-0.2, -0.15) is 0 Å². The number of anilines is 1. The maximum absolute atomic E-state index is 14.4. The molecule has 6 heteroatoms. The Labute approximate surface area is 143 Å². The summed E-state index contributed by atoms with van der Waals surface area (Å²) in [7, 11) is 0. The fourth-order valence-electron chi connectivity index (χ4n) is 3.01. The van der Waals surface area contributed by atoms with Crippen molar-refractivity contribution in [3.05, 3.63) is 84.3 Å². The highest BCUT2D eigenvalue weighted by Gasteiger charge is 2.43. The van der Waals surface area contributed by atoms with E-state index in [9.17, 15) is 4.39 Å². The molecule has 1 saturated heterocycles. The van der Waals surface area contributed by atoms with Crippen LogP contribution in [0.4, 0.5) is 10.1 Å². The number of para-hydroxylation sites is 1. The Morgan fingerprint density at radius 2 is 1.92 bits per heavy atom. The van der Waals surface area contributed by atoms with Gasteiger partial charge in [0.05, 0.1) is 23.7 Å². The van der Waals surface area contributed by atoms with Crippen LogP contribution in [0.3, 0.4) is 0 Å². The van der Waals surface area contributed by atoms with E-state index in [1.165, 1.54) is 6.07 Å². The molecule has 1 aliphatic heterocycles. The van der Waals surface area contributed by atoms with E-state index in [0.717, 1.165) is 5.69 Å².